The minimum Gasteiger partial charge on any atom is -0.493 e. The van der Waals surface area contributed by atoms with E-state index in [1.54, 1.807) is 48.8 Å². The minimum absolute atomic E-state index is 0.176. The van der Waals surface area contributed by atoms with Gasteiger partial charge in [-0.05, 0) is 29.8 Å². The Labute approximate surface area is 133 Å². The second-order valence-corrected chi connectivity index (χ2v) is 5.16. The fourth-order valence-electron chi connectivity index (χ4n) is 2.51. The molecular weight excluding hydrogens is 296 g/mol. The average molecular weight is 312 g/mol. The molecule has 1 aliphatic rings. The van der Waals surface area contributed by atoms with E-state index in [-0.39, 0.29) is 18.2 Å². The quantitative estimate of drug-likeness (QED) is 0.869. The van der Waals surface area contributed by atoms with Crippen LogP contribution >= 0.6 is 0 Å². The molecule has 23 heavy (non-hydrogen) atoms. The summed E-state index contributed by atoms with van der Waals surface area (Å²) in [6, 6.07) is 10.1. The summed E-state index contributed by atoms with van der Waals surface area (Å²) in [5.41, 5.74) is 0.845. The summed E-state index contributed by atoms with van der Waals surface area (Å²) in [6.07, 6.45) is 2.27. The van der Waals surface area contributed by atoms with E-state index in [9.17, 15) is 9.59 Å². The van der Waals surface area contributed by atoms with E-state index >= 15 is 0 Å². The Hall–Kier alpha value is -2.89. The van der Waals surface area contributed by atoms with Gasteiger partial charge in [-0.2, -0.15) is 0 Å². The van der Waals surface area contributed by atoms with Crippen LogP contribution in [0, 0.1) is 0 Å². The average Bonchev–Trinajstić information content (AvgIpc) is 2.59. The number of hydrogen-bond donors (Lipinski definition) is 1. The van der Waals surface area contributed by atoms with Crippen LogP contribution in [0.1, 0.15) is 18.0 Å². The van der Waals surface area contributed by atoms with Gasteiger partial charge < -0.3 is 14.8 Å². The highest BCUT2D eigenvalue weighted by molar-refractivity contribution is 6.07. The molecule has 2 heterocycles. The molecule has 6 nitrogen and oxygen atoms in total. The molecule has 1 aromatic carbocycles. The number of pyridine rings is 1. The van der Waals surface area contributed by atoms with E-state index in [0.717, 1.165) is 5.56 Å². The third-order valence-corrected chi connectivity index (χ3v) is 3.67. The van der Waals surface area contributed by atoms with Crippen LogP contribution in [-0.2, 0) is 9.59 Å². The predicted molar refractivity (Wildman–Crippen MR) is 82.2 cm³/mol. The van der Waals surface area contributed by atoms with Gasteiger partial charge >= 0.3 is 0 Å². The van der Waals surface area contributed by atoms with Crippen LogP contribution in [0.5, 0.6) is 11.5 Å². The van der Waals surface area contributed by atoms with Crippen molar-refractivity contribution in [3.8, 4) is 11.5 Å². The summed E-state index contributed by atoms with van der Waals surface area (Å²) in [4.78, 5) is 28.6. The molecule has 0 spiro atoms. The summed E-state index contributed by atoms with van der Waals surface area (Å²) >= 11 is 0. The van der Waals surface area contributed by atoms with Crippen molar-refractivity contribution in [2.45, 2.75) is 18.6 Å². The Morgan fingerprint density at radius 2 is 1.78 bits per heavy atom. The zero-order valence-electron chi connectivity index (χ0n) is 12.6. The molecule has 0 aliphatic carbocycles. The number of nitrogens with one attached hydrogen (secondary N) is 1. The summed E-state index contributed by atoms with van der Waals surface area (Å²) < 4.78 is 10.8. The van der Waals surface area contributed by atoms with Gasteiger partial charge in [0.2, 0.25) is 6.10 Å². The molecule has 1 amide bonds. The molecule has 6 heteroatoms. The number of benzene rings is 1. The fourth-order valence-corrected chi connectivity index (χ4v) is 2.51. The number of carbonyl (C=O) groups is 2. The maximum Gasteiger partial charge on any atom is 0.269 e. The minimum atomic E-state index is -1.16. The van der Waals surface area contributed by atoms with Crippen LogP contribution in [0.2, 0.25) is 0 Å². The normalized spacial score (nSPS) is 20.7. The number of ketones is 1. The van der Waals surface area contributed by atoms with E-state index in [0.29, 0.717) is 11.5 Å². The van der Waals surface area contributed by atoms with Crippen molar-refractivity contribution >= 4 is 11.7 Å². The molecule has 1 N–H and O–H groups in total. The fraction of sp³-hybridized carbons (Fsp3) is 0.235. The summed E-state index contributed by atoms with van der Waals surface area (Å²) in [5, 5.41) is 2.82. The lowest BCUT2D eigenvalue weighted by Gasteiger charge is -2.28. The number of rotatable bonds is 4. The SMILES string of the molecule is COc1ccccc1OC1C(=O)CC(c2ccncc2)NC1=O. The number of carbonyl (C=O) groups excluding carboxylic acids is 2. The highest BCUT2D eigenvalue weighted by Crippen LogP contribution is 2.29. The molecular formula is C17H16N2O4. The number of nitrogens with zero attached hydrogens (tertiary/aromatic N) is 1. The zero-order chi connectivity index (χ0) is 16.2. The van der Waals surface area contributed by atoms with Crippen LogP contribution in [0.4, 0.5) is 0 Å². The number of amides is 1. The molecule has 2 atom stereocenters. The van der Waals surface area contributed by atoms with Crippen molar-refractivity contribution in [2.75, 3.05) is 7.11 Å². The third-order valence-electron chi connectivity index (χ3n) is 3.67. The Morgan fingerprint density at radius 3 is 2.43 bits per heavy atom. The van der Waals surface area contributed by atoms with E-state index < -0.39 is 12.0 Å². The second kappa shape index (κ2) is 6.48. The van der Waals surface area contributed by atoms with E-state index in [1.807, 2.05) is 0 Å². The Bertz CT molecular complexity index is 700. The van der Waals surface area contributed by atoms with Gasteiger partial charge in [-0.25, -0.2) is 0 Å². The standard InChI is InChI=1S/C17H16N2O4/c1-22-14-4-2-3-5-15(14)23-16-13(20)10-12(19-17(16)21)11-6-8-18-9-7-11/h2-9,12,16H,10H2,1H3,(H,19,21). The maximum atomic E-state index is 12.4. The molecule has 118 valence electrons. The van der Waals surface area contributed by atoms with Gasteiger partial charge in [0.05, 0.1) is 13.2 Å². The molecule has 1 saturated heterocycles. The Balaban J connectivity index is 1.76. The molecule has 1 fully saturated rings. The highest BCUT2D eigenvalue weighted by Gasteiger charge is 2.37. The van der Waals surface area contributed by atoms with Gasteiger partial charge in [0.15, 0.2) is 17.3 Å². The van der Waals surface area contributed by atoms with Gasteiger partial charge in [0, 0.05) is 18.8 Å². The second-order valence-electron chi connectivity index (χ2n) is 5.16. The molecule has 0 bridgehead atoms. The van der Waals surface area contributed by atoms with E-state index in [1.165, 1.54) is 7.11 Å². The number of piperidine rings is 1. The van der Waals surface area contributed by atoms with Crippen LogP contribution in [0.25, 0.3) is 0 Å². The smallest absolute Gasteiger partial charge is 0.269 e. The molecule has 3 rings (SSSR count). The summed E-state index contributed by atoms with van der Waals surface area (Å²) in [7, 11) is 1.50. The molecule has 2 unspecified atom stereocenters. The lowest BCUT2D eigenvalue weighted by atomic mass is 9.95. The van der Waals surface area contributed by atoms with Gasteiger partial charge in [0.1, 0.15) is 0 Å². The number of ether oxygens (including phenoxy) is 2. The lowest BCUT2D eigenvalue weighted by Crippen LogP contribution is -2.51. The van der Waals surface area contributed by atoms with Gasteiger partial charge in [0.25, 0.3) is 5.91 Å². The molecule has 0 saturated carbocycles. The topological polar surface area (TPSA) is 77.5 Å². The van der Waals surface area contributed by atoms with Crippen molar-refractivity contribution < 1.29 is 19.1 Å². The summed E-state index contributed by atoms with van der Waals surface area (Å²) in [5.74, 6) is 0.130. The first kappa shape index (κ1) is 15.0. The number of hydrogen-bond acceptors (Lipinski definition) is 5. The van der Waals surface area contributed by atoms with Gasteiger partial charge in [-0.3, -0.25) is 14.6 Å². The van der Waals surface area contributed by atoms with Crippen molar-refractivity contribution in [3.05, 3.63) is 54.4 Å². The monoisotopic (exact) mass is 312 g/mol. The van der Waals surface area contributed by atoms with E-state index in [4.69, 9.17) is 9.47 Å². The lowest BCUT2D eigenvalue weighted by molar-refractivity contribution is -0.142. The molecule has 0 radical (unpaired) electrons. The van der Waals surface area contributed by atoms with Crippen molar-refractivity contribution in [1.29, 1.82) is 0 Å². The number of para-hydroxylation sites is 2. The zero-order valence-corrected chi connectivity index (χ0v) is 12.6. The largest absolute Gasteiger partial charge is 0.493 e. The van der Waals surface area contributed by atoms with E-state index in [2.05, 4.69) is 10.3 Å². The molecule has 2 aromatic rings. The number of methoxy groups -OCH3 is 1. The molecule has 1 aliphatic heterocycles. The van der Waals surface area contributed by atoms with Crippen molar-refractivity contribution in [2.24, 2.45) is 0 Å². The van der Waals surface area contributed by atoms with Crippen LogP contribution < -0.4 is 14.8 Å². The molecule has 1 aromatic heterocycles. The van der Waals surface area contributed by atoms with Crippen LogP contribution in [0.3, 0.4) is 0 Å². The first-order valence-corrected chi connectivity index (χ1v) is 7.21. The van der Waals surface area contributed by atoms with Crippen molar-refractivity contribution in [3.63, 3.8) is 0 Å². The predicted octanol–water partition coefficient (Wildman–Crippen LogP) is 1.67. The van der Waals surface area contributed by atoms with Crippen LogP contribution in [0.15, 0.2) is 48.8 Å². The van der Waals surface area contributed by atoms with Crippen molar-refractivity contribution in [1.82, 2.24) is 10.3 Å². The summed E-state index contributed by atoms with van der Waals surface area (Å²) in [6.45, 7) is 0. The third kappa shape index (κ3) is 3.15. The maximum absolute atomic E-state index is 12.4. The highest BCUT2D eigenvalue weighted by atomic mass is 16.5. The number of Topliss-reactive ketones (excluding diaryl/α,β-unsaturated/α-hetero) is 1. The first-order chi connectivity index (χ1) is 11.2. The first-order valence-electron chi connectivity index (χ1n) is 7.21. The van der Waals surface area contributed by atoms with Crippen LogP contribution in [-0.4, -0.2) is 29.9 Å². The Morgan fingerprint density at radius 1 is 1.09 bits per heavy atom. The van der Waals surface area contributed by atoms with Gasteiger partial charge in [-0.1, -0.05) is 12.1 Å². The Kier molecular flexibility index (Phi) is 4.23. The van der Waals surface area contributed by atoms with Gasteiger partial charge in [-0.15, -0.1) is 0 Å². The number of aromatic nitrogens is 1.